The van der Waals surface area contributed by atoms with Gasteiger partial charge >= 0.3 is 0 Å². The highest BCUT2D eigenvalue weighted by atomic mass is 19.1. The predicted molar refractivity (Wildman–Crippen MR) is 72.5 cm³/mol. The second kappa shape index (κ2) is 4.93. The van der Waals surface area contributed by atoms with E-state index in [-0.39, 0.29) is 17.8 Å². The third-order valence-corrected chi connectivity index (χ3v) is 4.22. The number of anilines is 1. The Morgan fingerprint density at radius 2 is 2.00 bits per heavy atom. The molecule has 0 radical (unpaired) electrons. The van der Waals surface area contributed by atoms with E-state index in [1.807, 2.05) is 0 Å². The van der Waals surface area contributed by atoms with Gasteiger partial charge in [-0.25, -0.2) is 4.39 Å². The van der Waals surface area contributed by atoms with Crippen molar-refractivity contribution in [2.75, 3.05) is 24.5 Å². The smallest absolute Gasteiger partial charge is 0.244 e. The highest BCUT2D eigenvalue weighted by Crippen LogP contribution is 2.29. The topological polar surface area (TPSA) is 23.6 Å². The van der Waals surface area contributed by atoms with Crippen LogP contribution in [-0.2, 0) is 4.79 Å². The molecule has 2 atom stereocenters. The number of hydrogen-bond donors (Lipinski definition) is 0. The van der Waals surface area contributed by atoms with Crippen LogP contribution >= 0.6 is 0 Å². The predicted octanol–water partition coefficient (Wildman–Crippen LogP) is 2.27. The van der Waals surface area contributed by atoms with Crippen LogP contribution in [0.4, 0.5) is 10.1 Å². The molecule has 0 aromatic heterocycles. The molecule has 2 aliphatic rings. The Bertz CT molecular complexity index is 491. The summed E-state index contributed by atoms with van der Waals surface area (Å²) in [6.07, 6.45) is 1.96. The SMILES string of the molecule is CC1CCN(C2CCN(c3ccccc3F)C2=O)C1. The zero-order chi connectivity index (χ0) is 13.4. The monoisotopic (exact) mass is 262 g/mol. The Kier molecular flexibility index (Phi) is 3.27. The number of hydrogen-bond acceptors (Lipinski definition) is 2. The summed E-state index contributed by atoms with van der Waals surface area (Å²) in [6, 6.07) is 6.47. The number of carbonyl (C=O) groups excluding carboxylic acids is 1. The van der Waals surface area contributed by atoms with E-state index in [1.165, 1.54) is 6.07 Å². The number of carbonyl (C=O) groups is 1. The quantitative estimate of drug-likeness (QED) is 0.816. The van der Waals surface area contributed by atoms with E-state index in [0.29, 0.717) is 18.2 Å². The Morgan fingerprint density at radius 1 is 1.21 bits per heavy atom. The maximum atomic E-state index is 13.8. The van der Waals surface area contributed by atoms with Crippen molar-refractivity contribution in [1.29, 1.82) is 0 Å². The van der Waals surface area contributed by atoms with Gasteiger partial charge in [-0.2, -0.15) is 0 Å². The first-order chi connectivity index (χ1) is 9.16. The van der Waals surface area contributed by atoms with Crippen LogP contribution in [0.1, 0.15) is 19.8 Å². The van der Waals surface area contributed by atoms with Crippen molar-refractivity contribution < 1.29 is 9.18 Å². The highest BCUT2D eigenvalue weighted by Gasteiger charge is 2.39. The molecule has 2 aliphatic heterocycles. The lowest BCUT2D eigenvalue weighted by atomic mass is 10.2. The molecule has 19 heavy (non-hydrogen) atoms. The van der Waals surface area contributed by atoms with E-state index in [9.17, 15) is 9.18 Å². The summed E-state index contributed by atoms with van der Waals surface area (Å²) in [4.78, 5) is 16.3. The maximum Gasteiger partial charge on any atom is 0.244 e. The molecule has 0 saturated carbocycles. The Morgan fingerprint density at radius 3 is 2.68 bits per heavy atom. The van der Waals surface area contributed by atoms with Gasteiger partial charge in [0.2, 0.25) is 5.91 Å². The van der Waals surface area contributed by atoms with Gasteiger partial charge in [0.1, 0.15) is 5.82 Å². The molecule has 0 aliphatic carbocycles. The van der Waals surface area contributed by atoms with Crippen molar-refractivity contribution in [3.63, 3.8) is 0 Å². The van der Waals surface area contributed by atoms with Crippen molar-refractivity contribution in [1.82, 2.24) is 4.90 Å². The van der Waals surface area contributed by atoms with Crippen LogP contribution in [0.15, 0.2) is 24.3 Å². The minimum Gasteiger partial charge on any atom is -0.308 e. The normalized spacial score (nSPS) is 28.3. The summed E-state index contributed by atoms with van der Waals surface area (Å²) in [7, 11) is 0. The van der Waals surface area contributed by atoms with Crippen LogP contribution in [0.2, 0.25) is 0 Å². The molecule has 4 heteroatoms. The fraction of sp³-hybridized carbons (Fsp3) is 0.533. The lowest BCUT2D eigenvalue weighted by Crippen LogP contribution is -2.40. The molecule has 2 fully saturated rings. The molecular formula is C15H19FN2O. The standard InChI is InChI=1S/C15H19FN2O/c1-11-6-8-17(10-11)14-7-9-18(15(14)19)13-5-3-2-4-12(13)16/h2-5,11,14H,6-10H2,1H3. The van der Waals surface area contributed by atoms with Gasteiger partial charge in [0.25, 0.3) is 0 Å². The van der Waals surface area contributed by atoms with Crippen LogP contribution < -0.4 is 4.90 Å². The van der Waals surface area contributed by atoms with Crippen LogP contribution in [0.5, 0.6) is 0 Å². The summed E-state index contributed by atoms with van der Waals surface area (Å²) < 4.78 is 13.8. The molecule has 3 rings (SSSR count). The van der Waals surface area contributed by atoms with Crippen LogP contribution in [0, 0.1) is 11.7 Å². The summed E-state index contributed by atoms with van der Waals surface area (Å²) >= 11 is 0. The largest absolute Gasteiger partial charge is 0.308 e. The molecule has 1 amide bonds. The van der Waals surface area contributed by atoms with Gasteiger partial charge in [-0.1, -0.05) is 19.1 Å². The number of para-hydroxylation sites is 1. The van der Waals surface area contributed by atoms with Gasteiger partial charge < -0.3 is 4.90 Å². The summed E-state index contributed by atoms with van der Waals surface area (Å²) in [5.41, 5.74) is 0.419. The first-order valence-corrected chi connectivity index (χ1v) is 6.97. The van der Waals surface area contributed by atoms with Gasteiger partial charge in [-0.05, 0) is 37.4 Å². The zero-order valence-electron chi connectivity index (χ0n) is 11.2. The van der Waals surface area contributed by atoms with Crippen molar-refractivity contribution in [2.24, 2.45) is 5.92 Å². The van der Waals surface area contributed by atoms with Crippen molar-refractivity contribution in [3.05, 3.63) is 30.1 Å². The zero-order valence-corrected chi connectivity index (χ0v) is 11.2. The molecule has 1 aromatic rings. The minimum atomic E-state index is -0.314. The van der Waals surface area contributed by atoms with Gasteiger partial charge in [0.05, 0.1) is 11.7 Å². The lowest BCUT2D eigenvalue weighted by Gasteiger charge is -2.23. The van der Waals surface area contributed by atoms with Crippen molar-refractivity contribution >= 4 is 11.6 Å². The van der Waals surface area contributed by atoms with Crippen molar-refractivity contribution in [2.45, 2.75) is 25.8 Å². The molecule has 0 N–H and O–H groups in total. The molecule has 2 heterocycles. The van der Waals surface area contributed by atoms with E-state index in [4.69, 9.17) is 0 Å². The molecule has 2 saturated heterocycles. The second-order valence-corrected chi connectivity index (χ2v) is 5.63. The molecule has 102 valence electrons. The molecule has 2 unspecified atom stereocenters. The first-order valence-electron chi connectivity index (χ1n) is 6.97. The Hall–Kier alpha value is -1.42. The van der Waals surface area contributed by atoms with Crippen molar-refractivity contribution in [3.8, 4) is 0 Å². The van der Waals surface area contributed by atoms with Gasteiger partial charge in [-0.3, -0.25) is 9.69 Å². The number of halogens is 1. The van der Waals surface area contributed by atoms with Crippen LogP contribution in [-0.4, -0.2) is 36.5 Å². The molecule has 1 aromatic carbocycles. The molecule has 3 nitrogen and oxygen atoms in total. The summed E-state index contributed by atoms with van der Waals surface area (Å²) in [5, 5.41) is 0. The summed E-state index contributed by atoms with van der Waals surface area (Å²) in [5.74, 6) is 0.404. The highest BCUT2D eigenvalue weighted by molar-refractivity contribution is 5.99. The van der Waals surface area contributed by atoms with E-state index in [1.54, 1.807) is 23.1 Å². The van der Waals surface area contributed by atoms with Gasteiger partial charge in [-0.15, -0.1) is 0 Å². The van der Waals surface area contributed by atoms with Gasteiger partial charge in [0, 0.05) is 13.1 Å². The molecular weight excluding hydrogens is 243 g/mol. The summed E-state index contributed by atoms with van der Waals surface area (Å²) in [6.45, 7) is 4.81. The molecule has 0 bridgehead atoms. The average molecular weight is 262 g/mol. The van der Waals surface area contributed by atoms with E-state index < -0.39 is 0 Å². The second-order valence-electron chi connectivity index (χ2n) is 5.63. The lowest BCUT2D eigenvalue weighted by molar-refractivity contribution is -0.121. The maximum absolute atomic E-state index is 13.8. The van der Waals surface area contributed by atoms with Crippen LogP contribution in [0.3, 0.4) is 0 Å². The van der Waals surface area contributed by atoms with E-state index >= 15 is 0 Å². The third-order valence-electron chi connectivity index (χ3n) is 4.22. The van der Waals surface area contributed by atoms with E-state index in [2.05, 4.69) is 11.8 Å². The van der Waals surface area contributed by atoms with Gasteiger partial charge in [0.15, 0.2) is 0 Å². The van der Waals surface area contributed by atoms with Crippen LogP contribution in [0.25, 0.3) is 0 Å². The first kappa shape index (κ1) is 12.6. The Labute approximate surface area is 113 Å². The fourth-order valence-electron chi connectivity index (χ4n) is 3.17. The third kappa shape index (κ3) is 2.25. The fourth-order valence-corrected chi connectivity index (χ4v) is 3.17. The van der Waals surface area contributed by atoms with E-state index in [0.717, 1.165) is 25.9 Å². The number of benzene rings is 1. The Balaban J connectivity index is 1.77. The number of amides is 1. The minimum absolute atomic E-state index is 0.0513. The number of likely N-dealkylation sites (tertiary alicyclic amines) is 1. The number of nitrogens with zero attached hydrogens (tertiary/aromatic N) is 2. The number of rotatable bonds is 2. The average Bonchev–Trinajstić information content (AvgIpc) is 2.97. The molecule has 0 spiro atoms.